The monoisotopic (exact) mass is 499 g/mol. The molecule has 0 spiro atoms. The van der Waals surface area contributed by atoms with Crippen molar-refractivity contribution in [2.24, 2.45) is 0 Å². The van der Waals surface area contributed by atoms with Crippen molar-refractivity contribution in [2.45, 2.75) is 72.0 Å². The second-order valence-corrected chi connectivity index (χ2v) is 9.99. The van der Waals surface area contributed by atoms with Crippen molar-refractivity contribution in [1.82, 2.24) is 10.2 Å². The maximum Gasteiger partial charge on any atom is 0.258 e. The van der Waals surface area contributed by atoms with Crippen molar-refractivity contribution < 1.29 is 14.4 Å². The quantitative estimate of drug-likeness (QED) is 0.373. The van der Waals surface area contributed by atoms with E-state index >= 15 is 0 Å². The summed E-state index contributed by atoms with van der Waals surface area (Å²) in [7, 11) is 0. The number of anilines is 1. The Bertz CT molecular complexity index is 1280. The Morgan fingerprint density at radius 1 is 0.973 bits per heavy atom. The Hall–Kier alpha value is -3.67. The fourth-order valence-corrected chi connectivity index (χ4v) is 4.98. The highest BCUT2D eigenvalue weighted by atomic mass is 16.2. The molecule has 1 heterocycles. The number of aryl methyl sites for hydroxylation is 1. The van der Waals surface area contributed by atoms with Crippen LogP contribution in [-0.2, 0) is 16.1 Å². The van der Waals surface area contributed by atoms with Crippen LogP contribution in [-0.4, -0.2) is 41.2 Å². The average Bonchev–Trinajstić information content (AvgIpc) is 3.17. The minimum Gasteiger partial charge on any atom is -0.352 e. The van der Waals surface area contributed by atoms with E-state index in [0.717, 1.165) is 34.0 Å². The van der Waals surface area contributed by atoms with Gasteiger partial charge in [0.25, 0.3) is 5.91 Å². The lowest BCUT2D eigenvalue weighted by molar-refractivity contribution is -0.141. The molecule has 37 heavy (non-hydrogen) atoms. The van der Waals surface area contributed by atoms with Crippen LogP contribution < -0.4 is 10.2 Å². The molecule has 6 nitrogen and oxygen atoms in total. The molecule has 0 radical (unpaired) electrons. The van der Waals surface area contributed by atoms with Crippen LogP contribution in [0.4, 0.5) is 5.69 Å². The lowest BCUT2D eigenvalue weighted by Gasteiger charge is -2.32. The van der Waals surface area contributed by atoms with Gasteiger partial charge in [0.1, 0.15) is 6.04 Å². The maximum absolute atomic E-state index is 13.6. The summed E-state index contributed by atoms with van der Waals surface area (Å²) in [5, 5.41) is 5.08. The molecule has 6 heteroatoms. The van der Waals surface area contributed by atoms with E-state index in [9.17, 15) is 14.4 Å². The van der Waals surface area contributed by atoms with Gasteiger partial charge in [0.15, 0.2) is 0 Å². The van der Waals surface area contributed by atoms with E-state index in [2.05, 4.69) is 5.32 Å². The van der Waals surface area contributed by atoms with Crippen LogP contribution in [0.5, 0.6) is 0 Å². The van der Waals surface area contributed by atoms with Crippen LogP contribution in [0, 0.1) is 6.92 Å². The van der Waals surface area contributed by atoms with Gasteiger partial charge in [-0.3, -0.25) is 14.4 Å². The van der Waals surface area contributed by atoms with Crippen LogP contribution >= 0.6 is 0 Å². The van der Waals surface area contributed by atoms with Crippen molar-refractivity contribution in [2.75, 3.05) is 11.4 Å². The summed E-state index contributed by atoms with van der Waals surface area (Å²) in [6.45, 7) is 8.80. The van der Waals surface area contributed by atoms with Gasteiger partial charge in [0.2, 0.25) is 11.8 Å². The van der Waals surface area contributed by atoms with Crippen molar-refractivity contribution in [3.05, 3.63) is 77.4 Å². The van der Waals surface area contributed by atoms with Gasteiger partial charge in [0, 0.05) is 36.5 Å². The van der Waals surface area contributed by atoms with Crippen LogP contribution in [0.3, 0.4) is 0 Å². The van der Waals surface area contributed by atoms with Crippen molar-refractivity contribution in [3.63, 3.8) is 0 Å². The standard InChI is InChI=1S/C31H37N3O3/c1-5-22(4)32-30(36)26(6-2)34(20-23-17-15-21(3)16-18-23)28(35)14-9-19-33-27-13-8-11-24-10-7-12-25(29(24)27)31(33)37/h7-8,10-13,15-18,22,26H,5-6,9,14,19-20H2,1-4H3,(H,32,36)/t22-,26+/m1/s1. The first-order valence-corrected chi connectivity index (χ1v) is 13.3. The number of carbonyl (C=O) groups is 3. The fraction of sp³-hybridized carbons (Fsp3) is 0.387. The predicted octanol–water partition coefficient (Wildman–Crippen LogP) is 5.61. The van der Waals surface area contributed by atoms with Crippen molar-refractivity contribution >= 4 is 34.2 Å². The Labute approximate surface area is 219 Å². The molecule has 1 aliphatic rings. The highest BCUT2D eigenvalue weighted by molar-refractivity contribution is 6.25. The first-order valence-electron chi connectivity index (χ1n) is 13.3. The third-order valence-corrected chi connectivity index (χ3v) is 7.28. The highest BCUT2D eigenvalue weighted by Gasteiger charge is 2.31. The summed E-state index contributed by atoms with van der Waals surface area (Å²) in [4.78, 5) is 43.3. The normalized spacial score (nSPS) is 14.1. The molecule has 0 saturated carbocycles. The van der Waals surface area contributed by atoms with E-state index in [4.69, 9.17) is 0 Å². The summed E-state index contributed by atoms with van der Waals surface area (Å²) in [5.41, 5.74) is 3.76. The van der Waals surface area contributed by atoms with E-state index in [1.165, 1.54) is 0 Å². The highest BCUT2D eigenvalue weighted by Crippen LogP contribution is 2.37. The van der Waals surface area contributed by atoms with E-state index in [1.807, 2.05) is 88.4 Å². The molecule has 0 aromatic heterocycles. The SMILES string of the molecule is CC[C@@H](C)NC(=O)[C@H](CC)N(Cc1ccc(C)cc1)C(=O)CCCN1C(=O)c2cccc3cccc1c23. The van der Waals surface area contributed by atoms with Gasteiger partial charge in [-0.05, 0) is 56.2 Å². The van der Waals surface area contributed by atoms with E-state index < -0.39 is 6.04 Å². The minimum atomic E-state index is -0.547. The van der Waals surface area contributed by atoms with Crippen LogP contribution in [0.1, 0.15) is 67.9 Å². The molecule has 0 fully saturated rings. The number of nitrogens with one attached hydrogen (secondary N) is 1. The zero-order chi connectivity index (χ0) is 26.5. The predicted molar refractivity (Wildman–Crippen MR) is 149 cm³/mol. The fourth-order valence-electron chi connectivity index (χ4n) is 4.98. The number of hydrogen-bond donors (Lipinski definition) is 1. The van der Waals surface area contributed by atoms with Crippen LogP contribution in [0.15, 0.2) is 60.7 Å². The smallest absolute Gasteiger partial charge is 0.258 e. The van der Waals surface area contributed by atoms with Gasteiger partial charge in [-0.15, -0.1) is 0 Å². The molecular formula is C31H37N3O3. The number of rotatable bonds is 11. The number of amides is 3. The molecule has 3 aromatic carbocycles. The summed E-state index contributed by atoms with van der Waals surface area (Å²) < 4.78 is 0. The summed E-state index contributed by atoms with van der Waals surface area (Å²) in [5.74, 6) is -0.210. The van der Waals surface area contributed by atoms with Gasteiger partial charge in [0.05, 0.1) is 5.69 Å². The molecule has 3 aromatic rings. The summed E-state index contributed by atoms with van der Waals surface area (Å²) in [6, 6.07) is 19.3. The lowest BCUT2D eigenvalue weighted by Crippen LogP contribution is -2.50. The zero-order valence-electron chi connectivity index (χ0n) is 22.3. The molecule has 194 valence electrons. The molecule has 1 N–H and O–H groups in total. The van der Waals surface area contributed by atoms with Gasteiger partial charge in [-0.2, -0.15) is 0 Å². The second kappa shape index (κ2) is 11.6. The van der Waals surface area contributed by atoms with Gasteiger partial charge < -0.3 is 15.1 Å². The number of hydrogen-bond acceptors (Lipinski definition) is 3. The molecule has 0 unspecified atom stereocenters. The first kappa shape index (κ1) is 26.4. The average molecular weight is 500 g/mol. The lowest BCUT2D eigenvalue weighted by atomic mass is 10.1. The third-order valence-electron chi connectivity index (χ3n) is 7.28. The Kier molecular flexibility index (Phi) is 8.27. The largest absolute Gasteiger partial charge is 0.352 e. The Balaban J connectivity index is 1.48. The van der Waals surface area contributed by atoms with E-state index in [0.29, 0.717) is 31.5 Å². The topological polar surface area (TPSA) is 69.7 Å². The Morgan fingerprint density at radius 3 is 2.35 bits per heavy atom. The molecule has 2 atom stereocenters. The van der Waals surface area contributed by atoms with Gasteiger partial charge in [-0.25, -0.2) is 0 Å². The van der Waals surface area contributed by atoms with Crippen LogP contribution in [0.25, 0.3) is 10.8 Å². The molecule has 0 saturated heterocycles. The molecule has 0 bridgehead atoms. The first-order chi connectivity index (χ1) is 17.8. The number of nitrogens with zero attached hydrogens (tertiary/aromatic N) is 2. The molecule has 4 rings (SSSR count). The maximum atomic E-state index is 13.6. The summed E-state index contributed by atoms with van der Waals surface area (Å²) in [6.07, 6.45) is 2.13. The Morgan fingerprint density at radius 2 is 1.68 bits per heavy atom. The molecule has 3 amide bonds. The van der Waals surface area contributed by atoms with Crippen LogP contribution in [0.2, 0.25) is 0 Å². The molecule has 1 aliphatic heterocycles. The minimum absolute atomic E-state index is 0.0184. The van der Waals surface area contributed by atoms with Gasteiger partial charge >= 0.3 is 0 Å². The third kappa shape index (κ3) is 5.68. The molecular weight excluding hydrogens is 462 g/mol. The van der Waals surface area contributed by atoms with Crippen molar-refractivity contribution in [3.8, 4) is 0 Å². The van der Waals surface area contributed by atoms with E-state index in [1.54, 1.807) is 9.80 Å². The van der Waals surface area contributed by atoms with Crippen molar-refractivity contribution in [1.29, 1.82) is 0 Å². The van der Waals surface area contributed by atoms with E-state index in [-0.39, 0.29) is 30.2 Å². The zero-order valence-corrected chi connectivity index (χ0v) is 22.3. The molecule has 0 aliphatic carbocycles. The number of carbonyl (C=O) groups excluding carboxylic acids is 3. The second-order valence-electron chi connectivity index (χ2n) is 9.99. The van der Waals surface area contributed by atoms with Gasteiger partial charge in [-0.1, -0.05) is 67.9 Å². The summed E-state index contributed by atoms with van der Waals surface area (Å²) >= 11 is 0. The number of benzene rings is 3.